The Morgan fingerprint density at radius 1 is 1.45 bits per heavy atom. The molecule has 0 fully saturated rings. The number of aryl methyl sites for hydroxylation is 2. The van der Waals surface area contributed by atoms with Crippen molar-refractivity contribution in [1.29, 1.82) is 0 Å². The van der Waals surface area contributed by atoms with E-state index in [4.69, 9.17) is 4.11 Å². The number of imidazole rings is 1. The molecule has 0 aliphatic rings. The average Bonchev–Trinajstić information content (AvgIpc) is 2.89. The molecule has 0 N–H and O–H groups in total. The van der Waals surface area contributed by atoms with Crippen LogP contribution < -0.4 is 11.2 Å². The highest BCUT2D eigenvalue weighted by molar-refractivity contribution is 5.69. The SMILES string of the molecule is [2H]C([2H])([2H])n1cnc2c1c(=O)n(CCCC[C@@H](C)F)c(=O)n2C. The topological polar surface area (TPSA) is 61.8 Å². The number of alkyl halides is 1. The van der Waals surface area contributed by atoms with Crippen molar-refractivity contribution in [1.82, 2.24) is 18.7 Å². The van der Waals surface area contributed by atoms with E-state index in [0.717, 1.165) is 20.0 Å². The van der Waals surface area contributed by atoms with E-state index in [0.29, 0.717) is 19.3 Å². The molecule has 0 aliphatic carbocycles. The first kappa shape index (κ1) is 10.8. The third-order valence-corrected chi connectivity index (χ3v) is 3.27. The third-order valence-electron chi connectivity index (χ3n) is 3.27. The molecular formula is C13H19FN4O2. The number of nitrogens with zero attached hydrogens (tertiary/aromatic N) is 4. The summed E-state index contributed by atoms with van der Waals surface area (Å²) >= 11 is 0. The molecule has 0 saturated carbocycles. The first-order chi connectivity index (χ1) is 10.6. The minimum atomic E-state index is -2.56. The predicted octanol–water partition coefficient (Wildman–Crippen LogP) is 0.962. The van der Waals surface area contributed by atoms with Crippen LogP contribution in [0.4, 0.5) is 4.39 Å². The number of hydrogen-bond donors (Lipinski definition) is 0. The molecule has 0 spiro atoms. The lowest BCUT2D eigenvalue weighted by molar-refractivity contribution is 0.328. The van der Waals surface area contributed by atoms with E-state index in [-0.39, 0.29) is 17.7 Å². The normalized spacial score (nSPS) is 15.8. The Balaban J connectivity index is 2.49. The second kappa shape index (κ2) is 5.60. The number of aromatic nitrogens is 4. The van der Waals surface area contributed by atoms with Gasteiger partial charge >= 0.3 is 5.69 Å². The number of rotatable bonds is 5. The lowest BCUT2D eigenvalue weighted by Gasteiger charge is -2.08. The van der Waals surface area contributed by atoms with Crippen LogP contribution in [0.15, 0.2) is 15.9 Å². The molecule has 7 heteroatoms. The molecule has 1 atom stereocenters. The molecular weight excluding hydrogens is 263 g/mol. The summed E-state index contributed by atoms with van der Waals surface area (Å²) in [7, 11) is 1.43. The van der Waals surface area contributed by atoms with Crippen LogP contribution in [0.1, 0.15) is 30.3 Å². The van der Waals surface area contributed by atoms with Crippen molar-refractivity contribution in [3.63, 3.8) is 0 Å². The number of fused-ring (bicyclic) bond motifs is 1. The van der Waals surface area contributed by atoms with E-state index in [1.54, 1.807) is 0 Å². The van der Waals surface area contributed by atoms with Crippen molar-refractivity contribution < 1.29 is 8.50 Å². The summed E-state index contributed by atoms with van der Waals surface area (Å²) in [6.45, 7) is -1.00. The molecule has 0 aromatic carbocycles. The van der Waals surface area contributed by atoms with Crippen LogP contribution in [0.2, 0.25) is 0 Å². The standard InChI is InChI=1S/C13H19FN4O2/c1-9(14)6-4-5-7-18-12(19)10-11(15-8-16(10)2)17(3)13(18)20/h8-9H,4-7H2,1-3H3/t9-/m1/s1/i2D3. The average molecular weight is 285 g/mol. The Kier molecular flexibility index (Phi) is 3.03. The fourth-order valence-corrected chi connectivity index (χ4v) is 2.16. The first-order valence-electron chi connectivity index (χ1n) is 7.96. The van der Waals surface area contributed by atoms with E-state index in [1.807, 2.05) is 0 Å². The monoisotopic (exact) mass is 285 g/mol. The molecule has 2 heterocycles. The smallest absolute Gasteiger partial charge is 0.328 e. The van der Waals surface area contributed by atoms with Gasteiger partial charge in [-0.1, -0.05) is 0 Å². The maximum atomic E-state index is 12.8. The van der Waals surface area contributed by atoms with Gasteiger partial charge in [-0.25, -0.2) is 14.2 Å². The molecule has 20 heavy (non-hydrogen) atoms. The quantitative estimate of drug-likeness (QED) is 0.769. The fourth-order valence-electron chi connectivity index (χ4n) is 2.16. The fraction of sp³-hybridized carbons (Fsp3) is 0.615. The van der Waals surface area contributed by atoms with Crippen LogP contribution in [0.5, 0.6) is 0 Å². The Morgan fingerprint density at radius 3 is 2.85 bits per heavy atom. The van der Waals surface area contributed by atoms with Gasteiger partial charge in [0.15, 0.2) is 11.2 Å². The third kappa shape index (κ3) is 2.52. The molecule has 0 aliphatic heterocycles. The van der Waals surface area contributed by atoms with Gasteiger partial charge < -0.3 is 4.57 Å². The second-order valence-corrected chi connectivity index (χ2v) is 4.86. The maximum Gasteiger partial charge on any atom is 0.332 e. The van der Waals surface area contributed by atoms with Gasteiger partial charge in [0, 0.05) is 24.7 Å². The Morgan fingerprint density at radius 2 is 2.20 bits per heavy atom. The lowest BCUT2D eigenvalue weighted by atomic mass is 10.2. The summed E-state index contributed by atoms with van der Waals surface area (Å²) in [4.78, 5) is 28.6. The van der Waals surface area contributed by atoms with Crippen molar-refractivity contribution in [3.05, 3.63) is 27.2 Å². The van der Waals surface area contributed by atoms with Crippen LogP contribution in [-0.4, -0.2) is 24.9 Å². The van der Waals surface area contributed by atoms with Crippen molar-refractivity contribution in [2.45, 2.75) is 38.9 Å². The maximum absolute atomic E-state index is 12.8. The van der Waals surface area contributed by atoms with Crippen LogP contribution >= 0.6 is 0 Å². The van der Waals surface area contributed by atoms with Gasteiger partial charge in [-0.2, -0.15) is 0 Å². The molecule has 2 aromatic rings. The molecule has 0 saturated heterocycles. The summed E-state index contributed by atoms with van der Waals surface area (Å²) in [6, 6.07) is 0. The summed E-state index contributed by atoms with van der Waals surface area (Å²) in [5.74, 6) is 0. The van der Waals surface area contributed by atoms with Gasteiger partial charge in [-0.05, 0) is 26.2 Å². The van der Waals surface area contributed by atoms with Crippen molar-refractivity contribution in [2.75, 3.05) is 0 Å². The van der Waals surface area contributed by atoms with Gasteiger partial charge in [0.05, 0.1) is 12.5 Å². The zero-order valence-electron chi connectivity index (χ0n) is 14.5. The Bertz CT molecular complexity index is 819. The lowest BCUT2D eigenvalue weighted by Crippen LogP contribution is -2.39. The summed E-state index contributed by atoms with van der Waals surface area (Å²) in [5, 5.41) is 0. The van der Waals surface area contributed by atoms with E-state index >= 15 is 0 Å². The van der Waals surface area contributed by atoms with E-state index in [9.17, 15) is 14.0 Å². The zero-order valence-corrected chi connectivity index (χ0v) is 11.5. The molecule has 0 radical (unpaired) electrons. The minimum absolute atomic E-state index is 0.0322. The largest absolute Gasteiger partial charge is 0.332 e. The van der Waals surface area contributed by atoms with E-state index < -0.39 is 24.4 Å². The van der Waals surface area contributed by atoms with Crippen molar-refractivity contribution >= 4 is 11.2 Å². The molecule has 0 bridgehead atoms. The van der Waals surface area contributed by atoms with Crippen LogP contribution in [0, 0.1) is 0 Å². The second-order valence-electron chi connectivity index (χ2n) is 4.86. The van der Waals surface area contributed by atoms with Gasteiger partial charge in [0.1, 0.15) is 0 Å². The van der Waals surface area contributed by atoms with Crippen LogP contribution in [0.3, 0.4) is 0 Å². The Hall–Kier alpha value is -1.92. The highest BCUT2D eigenvalue weighted by atomic mass is 19.1. The Labute approximate surface area is 119 Å². The van der Waals surface area contributed by atoms with Crippen molar-refractivity contribution in [3.8, 4) is 0 Å². The van der Waals surface area contributed by atoms with Gasteiger partial charge in [0.25, 0.3) is 5.56 Å². The molecule has 2 rings (SSSR count). The van der Waals surface area contributed by atoms with Crippen LogP contribution in [0.25, 0.3) is 11.2 Å². The number of halogens is 1. The van der Waals surface area contributed by atoms with E-state index in [1.165, 1.54) is 14.0 Å². The molecule has 0 amide bonds. The molecule has 0 unspecified atom stereocenters. The van der Waals surface area contributed by atoms with Gasteiger partial charge in [-0.15, -0.1) is 0 Å². The highest BCUT2D eigenvalue weighted by Crippen LogP contribution is 2.06. The number of hydrogen-bond acceptors (Lipinski definition) is 3. The zero-order chi connectivity index (χ0) is 17.4. The van der Waals surface area contributed by atoms with Crippen LogP contribution in [-0.2, 0) is 20.6 Å². The van der Waals surface area contributed by atoms with Crippen molar-refractivity contribution in [2.24, 2.45) is 14.0 Å². The van der Waals surface area contributed by atoms with Gasteiger partial charge in [-0.3, -0.25) is 13.9 Å². The number of unbranched alkanes of at least 4 members (excludes halogenated alkanes) is 1. The molecule has 2 aromatic heterocycles. The summed E-state index contributed by atoms with van der Waals surface area (Å²) in [5.41, 5.74) is -1.35. The summed E-state index contributed by atoms with van der Waals surface area (Å²) < 4.78 is 38.1. The first-order valence-corrected chi connectivity index (χ1v) is 6.46. The van der Waals surface area contributed by atoms with E-state index in [2.05, 4.69) is 4.98 Å². The molecule has 110 valence electrons. The summed E-state index contributed by atoms with van der Waals surface area (Å²) in [6.07, 6.45) is 1.44. The minimum Gasteiger partial charge on any atom is -0.328 e. The van der Waals surface area contributed by atoms with Gasteiger partial charge in [0.2, 0.25) is 0 Å². The molecule has 6 nitrogen and oxygen atoms in total. The highest BCUT2D eigenvalue weighted by Gasteiger charge is 2.14. The predicted molar refractivity (Wildman–Crippen MR) is 74.6 cm³/mol.